The predicted molar refractivity (Wildman–Crippen MR) is 38.9 cm³/mol. The first-order valence-corrected chi connectivity index (χ1v) is 3.50. The number of nitrogens with zero attached hydrogens (tertiary/aromatic N) is 1. The second-order valence-electron chi connectivity index (χ2n) is 2.23. The van der Waals surface area contributed by atoms with Crippen LogP contribution in [0.25, 0.3) is 0 Å². The Hall–Kier alpha value is -0.770. The van der Waals surface area contributed by atoms with Crippen LogP contribution in [0.3, 0.4) is 0 Å². The van der Waals surface area contributed by atoms with Gasteiger partial charge in [0, 0.05) is 11.8 Å². The van der Waals surface area contributed by atoms with Crippen molar-refractivity contribution in [3.63, 3.8) is 0 Å². The van der Waals surface area contributed by atoms with Crippen molar-refractivity contribution in [2.75, 3.05) is 0 Å². The molecule has 0 aliphatic heterocycles. The van der Waals surface area contributed by atoms with Gasteiger partial charge in [-0.3, -0.25) is 4.98 Å². The lowest BCUT2D eigenvalue weighted by atomic mass is 10.2. The van der Waals surface area contributed by atoms with Crippen LogP contribution in [-0.2, 0) is 0 Å². The van der Waals surface area contributed by atoms with E-state index >= 15 is 0 Å². The second-order valence-corrected chi connectivity index (χ2v) is 2.64. The smallest absolute Gasteiger partial charge is 0.253 e. The van der Waals surface area contributed by atoms with E-state index in [1.807, 2.05) is 0 Å². The van der Waals surface area contributed by atoms with E-state index in [0.29, 0.717) is 0 Å². The molecule has 0 aliphatic carbocycles. The standard InChI is InChI=1S/C7H5ClF3N/c1-3-5(9)4(8)2-12-6(3)7(10)11/h2,7H,1H3. The molecule has 1 aromatic heterocycles. The first-order valence-electron chi connectivity index (χ1n) is 3.12. The third kappa shape index (κ3) is 1.53. The van der Waals surface area contributed by atoms with E-state index in [-0.39, 0.29) is 10.6 Å². The van der Waals surface area contributed by atoms with Crippen molar-refractivity contribution in [2.45, 2.75) is 13.3 Å². The highest BCUT2D eigenvalue weighted by atomic mass is 35.5. The van der Waals surface area contributed by atoms with Crippen molar-refractivity contribution in [3.8, 4) is 0 Å². The van der Waals surface area contributed by atoms with Crippen LogP contribution < -0.4 is 0 Å². The molecule has 1 aromatic rings. The largest absolute Gasteiger partial charge is 0.280 e. The summed E-state index contributed by atoms with van der Waals surface area (Å²) in [4.78, 5) is 3.32. The lowest BCUT2D eigenvalue weighted by molar-refractivity contribution is 0.144. The van der Waals surface area contributed by atoms with Crippen molar-refractivity contribution >= 4 is 11.6 Å². The van der Waals surface area contributed by atoms with Crippen LogP contribution in [0, 0.1) is 12.7 Å². The minimum Gasteiger partial charge on any atom is -0.253 e. The highest BCUT2D eigenvalue weighted by Crippen LogP contribution is 2.25. The zero-order valence-electron chi connectivity index (χ0n) is 6.11. The summed E-state index contributed by atoms with van der Waals surface area (Å²) in [6.07, 6.45) is -1.89. The summed E-state index contributed by atoms with van der Waals surface area (Å²) >= 11 is 5.31. The van der Waals surface area contributed by atoms with Gasteiger partial charge in [0.2, 0.25) is 0 Å². The summed E-state index contributed by atoms with van der Waals surface area (Å²) in [5, 5.41) is -0.239. The summed E-state index contributed by atoms with van der Waals surface area (Å²) in [5.41, 5.74) is -0.755. The zero-order chi connectivity index (χ0) is 9.30. The number of halogens is 4. The van der Waals surface area contributed by atoms with Crippen LogP contribution in [-0.4, -0.2) is 4.98 Å². The van der Waals surface area contributed by atoms with Crippen LogP contribution in [0.4, 0.5) is 13.2 Å². The van der Waals surface area contributed by atoms with Gasteiger partial charge in [0.1, 0.15) is 11.5 Å². The van der Waals surface area contributed by atoms with Crippen LogP contribution >= 0.6 is 11.6 Å². The van der Waals surface area contributed by atoms with E-state index in [1.54, 1.807) is 0 Å². The molecule has 66 valence electrons. The summed E-state index contributed by atoms with van der Waals surface area (Å²) in [5.74, 6) is -0.832. The molecule has 0 amide bonds. The Labute approximate surface area is 72.2 Å². The maximum absolute atomic E-state index is 12.8. The number of aromatic nitrogens is 1. The molecule has 0 aliphatic rings. The van der Waals surface area contributed by atoms with E-state index in [9.17, 15) is 13.2 Å². The summed E-state index contributed by atoms with van der Waals surface area (Å²) < 4.78 is 37.0. The molecule has 5 heteroatoms. The molecule has 0 saturated carbocycles. The molecular weight excluding hydrogens is 191 g/mol. The van der Waals surface area contributed by atoms with Gasteiger partial charge in [-0.15, -0.1) is 0 Å². The van der Waals surface area contributed by atoms with E-state index < -0.39 is 17.9 Å². The molecule has 1 rings (SSSR count). The Morgan fingerprint density at radius 3 is 2.58 bits per heavy atom. The predicted octanol–water partition coefficient (Wildman–Crippen LogP) is 3.12. The van der Waals surface area contributed by atoms with Crippen LogP contribution in [0.2, 0.25) is 5.02 Å². The van der Waals surface area contributed by atoms with Gasteiger partial charge in [0.15, 0.2) is 0 Å². The SMILES string of the molecule is Cc1c(C(F)F)ncc(Cl)c1F. The van der Waals surface area contributed by atoms with E-state index in [1.165, 1.54) is 6.92 Å². The number of alkyl halides is 2. The topological polar surface area (TPSA) is 12.9 Å². The molecule has 0 atom stereocenters. The molecule has 1 nitrogen and oxygen atoms in total. The zero-order valence-corrected chi connectivity index (χ0v) is 6.87. The van der Waals surface area contributed by atoms with Gasteiger partial charge in [-0.2, -0.15) is 0 Å². The molecule has 0 aromatic carbocycles. The molecule has 0 saturated heterocycles. The molecule has 0 radical (unpaired) electrons. The molecule has 0 unspecified atom stereocenters. The maximum Gasteiger partial charge on any atom is 0.280 e. The Morgan fingerprint density at radius 1 is 1.50 bits per heavy atom. The fraction of sp³-hybridized carbons (Fsp3) is 0.286. The van der Waals surface area contributed by atoms with Crippen molar-refractivity contribution in [1.29, 1.82) is 0 Å². The lowest BCUT2D eigenvalue weighted by Gasteiger charge is -2.04. The minimum absolute atomic E-state index is 0.197. The first kappa shape index (κ1) is 9.32. The van der Waals surface area contributed by atoms with Crippen molar-refractivity contribution in [3.05, 3.63) is 28.3 Å². The molecule has 0 bridgehead atoms. The highest BCUT2D eigenvalue weighted by molar-refractivity contribution is 6.30. The molecule has 12 heavy (non-hydrogen) atoms. The Morgan fingerprint density at radius 2 is 2.08 bits per heavy atom. The Balaban J connectivity index is 3.27. The van der Waals surface area contributed by atoms with Crippen LogP contribution in [0.1, 0.15) is 17.7 Å². The average Bonchev–Trinajstić information content (AvgIpc) is 2.00. The number of pyridine rings is 1. The number of rotatable bonds is 1. The average molecular weight is 196 g/mol. The summed E-state index contributed by atoms with van der Waals surface area (Å²) in [7, 11) is 0. The summed E-state index contributed by atoms with van der Waals surface area (Å²) in [6.45, 7) is 1.22. The molecule has 0 fully saturated rings. The van der Waals surface area contributed by atoms with Gasteiger partial charge in [-0.25, -0.2) is 13.2 Å². The molecule has 0 spiro atoms. The number of hydrogen-bond acceptors (Lipinski definition) is 1. The quantitative estimate of drug-likeness (QED) is 0.671. The Kier molecular flexibility index (Phi) is 2.57. The highest BCUT2D eigenvalue weighted by Gasteiger charge is 2.16. The van der Waals surface area contributed by atoms with Gasteiger partial charge >= 0.3 is 0 Å². The van der Waals surface area contributed by atoms with E-state index in [4.69, 9.17) is 11.6 Å². The van der Waals surface area contributed by atoms with Gasteiger partial charge in [0.05, 0.1) is 5.02 Å². The van der Waals surface area contributed by atoms with Crippen molar-refractivity contribution in [2.24, 2.45) is 0 Å². The molecule has 1 heterocycles. The van der Waals surface area contributed by atoms with Gasteiger partial charge in [-0.05, 0) is 6.92 Å². The van der Waals surface area contributed by atoms with Crippen molar-refractivity contribution in [1.82, 2.24) is 4.98 Å². The lowest BCUT2D eigenvalue weighted by Crippen LogP contribution is -1.97. The second kappa shape index (κ2) is 3.31. The molecular formula is C7H5ClF3N. The van der Waals surface area contributed by atoms with Crippen LogP contribution in [0.15, 0.2) is 6.20 Å². The van der Waals surface area contributed by atoms with Gasteiger partial charge in [-0.1, -0.05) is 11.6 Å². The van der Waals surface area contributed by atoms with Crippen LogP contribution in [0.5, 0.6) is 0 Å². The van der Waals surface area contributed by atoms with Crippen molar-refractivity contribution < 1.29 is 13.2 Å². The van der Waals surface area contributed by atoms with E-state index in [0.717, 1.165) is 6.20 Å². The van der Waals surface area contributed by atoms with Gasteiger partial charge < -0.3 is 0 Å². The molecule has 0 N–H and O–H groups in total. The Bertz CT molecular complexity index is 301. The summed E-state index contributed by atoms with van der Waals surface area (Å²) in [6, 6.07) is 0. The monoisotopic (exact) mass is 195 g/mol. The number of hydrogen-bond donors (Lipinski definition) is 0. The third-order valence-electron chi connectivity index (χ3n) is 1.45. The minimum atomic E-state index is -2.77. The third-order valence-corrected chi connectivity index (χ3v) is 1.71. The van der Waals surface area contributed by atoms with Gasteiger partial charge in [0.25, 0.3) is 6.43 Å². The maximum atomic E-state index is 12.8. The van der Waals surface area contributed by atoms with E-state index in [2.05, 4.69) is 4.98 Å². The fourth-order valence-electron chi connectivity index (χ4n) is 0.791. The first-order chi connectivity index (χ1) is 5.54. The normalized spacial score (nSPS) is 10.8. The fourth-order valence-corrected chi connectivity index (χ4v) is 0.982.